The molecule has 0 unspecified atom stereocenters. The van der Waals surface area contributed by atoms with Crippen LogP contribution in [0.1, 0.15) is 29.8 Å². The van der Waals surface area contributed by atoms with Crippen molar-refractivity contribution >= 4 is 5.91 Å². The molecule has 0 fully saturated rings. The Labute approximate surface area is 165 Å². The summed E-state index contributed by atoms with van der Waals surface area (Å²) >= 11 is 0. The summed E-state index contributed by atoms with van der Waals surface area (Å²) in [7, 11) is 0. The molecule has 1 aromatic carbocycles. The Morgan fingerprint density at radius 3 is 2.86 bits per heavy atom. The van der Waals surface area contributed by atoms with E-state index in [-0.39, 0.29) is 11.9 Å². The number of aromatic nitrogens is 3. The topological polar surface area (TPSA) is 51.0 Å². The molecule has 0 spiro atoms. The normalized spacial score (nSPS) is 16.1. The van der Waals surface area contributed by atoms with Gasteiger partial charge in [-0.2, -0.15) is 0 Å². The van der Waals surface area contributed by atoms with Gasteiger partial charge in [0.1, 0.15) is 0 Å². The first-order chi connectivity index (χ1) is 13.6. The summed E-state index contributed by atoms with van der Waals surface area (Å²) in [5.41, 5.74) is 3.63. The predicted octanol–water partition coefficient (Wildman–Crippen LogP) is 4.03. The van der Waals surface area contributed by atoms with E-state index >= 15 is 0 Å². The second-order valence-corrected chi connectivity index (χ2v) is 7.49. The van der Waals surface area contributed by atoms with Crippen LogP contribution in [0.3, 0.4) is 0 Å². The van der Waals surface area contributed by atoms with E-state index in [9.17, 15) is 4.79 Å². The summed E-state index contributed by atoms with van der Waals surface area (Å²) in [6, 6.07) is 12.0. The van der Waals surface area contributed by atoms with Crippen LogP contribution in [-0.2, 0) is 6.54 Å². The molecule has 0 saturated carbocycles. The van der Waals surface area contributed by atoms with Gasteiger partial charge in [0, 0.05) is 42.8 Å². The van der Waals surface area contributed by atoms with Crippen molar-refractivity contribution in [2.75, 3.05) is 6.54 Å². The van der Waals surface area contributed by atoms with Crippen molar-refractivity contribution in [2.45, 2.75) is 26.4 Å². The van der Waals surface area contributed by atoms with Gasteiger partial charge in [-0.1, -0.05) is 44.2 Å². The van der Waals surface area contributed by atoms with Gasteiger partial charge in [-0.3, -0.25) is 9.78 Å². The molecule has 0 radical (unpaired) electrons. The maximum atomic E-state index is 13.0. The van der Waals surface area contributed by atoms with Crippen LogP contribution < -0.4 is 0 Å². The third kappa shape index (κ3) is 3.74. The minimum atomic E-state index is 0.0716. The summed E-state index contributed by atoms with van der Waals surface area (Å²) in [4.78, 5) is 23.6. The summed E-state index contributed by atoms with van der Waals surface area (Å²) in [5, 5.41) is 0. The standard InChI is InChI=1S/C23H24N4O/c1-17(2)22-7-4-11-27(22)23(28)20-6-3-5-19(13-20)21-9-8-18(14-25-21)15-26-12-10-24-16-26/h3-10,12-14,16-17,22H,11,15H2,1-2H3/t22-/m0/s1. The molecule has 5 heteroatoms. The number of carbonyl (C=O) groups is 1. The molecule has 1 aliphatic heterocycles. The van der Waals surface area contributed by atoms with Gasteiger partial charge in [-0.05, 0) is 29.7 Å². The fourth-order valence-electron chi connectivity index (χ4n) is 3.60. The van der Waals surface area contributed by atoms with Crippen LogP contribution in [0.15, 0.2) is 73.5 Å². The van der Waals surface area contributed by atoms with Gasteiger partial charge in [0.05, 0.1) is 18.1 Å². The largest absolute Gasteiger partial charge is 0.333 e. The monoisotopic (exact) mass is 372 g/mol. The van der Waals surface area contributed by atoms with E-state index in [1.165, 1.54) is 0 Å². The molecule has 3 heterocycles. The van der Waals surface area contributed by atoms with Crippen molar-refractivity contribution in [3.63, 3.8) is 0 Å². The minimum Gasteiger partial charge on any atom is -0.333 e. The maximum absolute atomic E-state index is 13.0. The van der Waals surface area contributed by atoms with Crippen LogP contribution in [0.5, 0.6) is 0 Å². The van der Waals surface area contributed by atoms with E-state index in [1.54, 1.807) is 12.5 Å². The Hall–Kier alpha value is -3.21. The van der Waals surface area contributed by atoms with Crippen LogP contribution in [-0.4, -0.2) is 37.9 Å². The highest BCUT2D eigenvalue weighted by Gasteiger charge is 2.27. The molecule has 3 aromatic rings. The molecule has 1 amide bonds. The predicted molar refractivity (Wildman–Crippen MR) is 110 cm³/mol. The van der Waals surface area contributed by atoms with Crippen LogP contribution >= 0.6 is 0 Å². The lowest BCUT2D eigenvalue weighted by Crippen LogP contribution is -2.39. The molecule has 0 bridgehead atoms. The van der Waals surface area contributed by atoms with Crippen molar-refractivity contribution < 1.29 is 4.79 Å². The summed E-state index contributed by atoms with van der Waals surface area (Å²) in [5.74, 6) is 0.470. The summed E-state index contributed by atoms with van der Waals surface area (Å²) < 4.78 is 2.01. The molecule has 1 aliphatic rings. The average molecular weight is 372 g/mol. The van der Waals surface area contributed by atoms with E-state index in [0.717, 1.165) is 23.4 Å². The molecule has 4 rings (SSSR count). The molecule has 142 valence electrons. The Kier molecular flexibility index (Phi) is 5.06. The lowest BCUT2D eigenvalue weighted by molar-refractivity contribution is 0.0720. The fourth-order valence-corrected chi connectivity index (χ4v) is 3.60. The Balaban J connectivity index is 1.53. The third-order valence-corrected chi connectivity index (χ3v) is 5.09. The Morgan fingerprint density at radius 1 is 1.25 bits per heavy atom. The fraction of sp³-hybridized carbons (Fsp3) is 0.261. The van der Waals surface area contributed by atoms with Gasteiger partial charge >= 0.3 is 0 Å². The van der Waals surface area contributed by atoms with E-state index in [4.69, 9.17) is 0 Å². The lowest BCUT2D eigenvalue weighted by atomic mass is 10.0. The van der Waals surface area contributed by atoms with Gasteiger partial charge in [0.2, 0.25) is 0 Å². The number of hydrogen-bond acceptors (Lipinski definition) is 3. The molecule has 2 aromatic heterocycles. The number of rotatable bonds is 5. The van der Waals surface area contributed by atoms with E-state index in [1.807, 2.05) is 52.2 Å². The highest BCUT2D eigenvalue weighted by atomic mass is 16.2. The number of amides is 1. The van der Waals surface area contributed by atoms with Gasteiger partial charge in [0.25, 0.3) is 5.91 Å². The van der Waals surface area contributed by atoms with Crippen LogP contribution in [0.25, 0.3) is 11.3 Å². The van der Waals surface area contributed by atoms with Gasteiger partial charge in [-0.25, -0.2) is 4.98 Å². The smallest absolute Gasteiger partial charge is 0.254 e. The minimum absolute atomic E-state index is 0.0716. The van der Waals surface area contributed by atoms with Crippen LogP contribution in [0.4, 0.5) is 0 Å². The zero-order valence-corrected chi connectivity index (χ0v) is 16.2. The van der Waals surface area contributed by atoms with E-state index < -0.39 is 0 Å². The Bertz CT molecular complexity index is 974. The Morgan fingerprint density at radius 2 is 2.14 bits per heavy atom. The summed E-state index contributed by atoms with van der Waals surface area (Å²) in [6.45, 7) is 5.70. The molecular weight excluding hydrogens is 348 g/mol. The molecule has 5 nitrogen and oxygen atoms in total. The molecule has 1 atom stereocenters. The molecule has 0 N–H and O–H groups in total. The van der Waals surface area contributed by atoms with Crippen LogP contribution in [0.2, 0.25) is 0 Å². The summed E-state index contributed by atoms with van der Waals surface area (Å²) in [6.07, 6.45) is 11.6. The highest BCUT2D eigenvalue weighted by molar-refractivity contribution is 5.96. The zero-order valence-electron chi connectivity index (χ0n) is 16.2. The van der Waals surface area contributed by atoms with Gasteiger partial charge in [-0.15, -0.1) is 0 Å². The maximum Gasteiger partial charge on any atom is 0.254 e. The van der Waals surface area contributed by atoms with E-state index in [2.05, 4.69) is 42.0 Å². The molecule has 0 saturated heterocycles. The lowest BCUT2D eigenvalue weighted by Gasteiger charge is -2.27. The van der Waals surface area contributed by atoms with Crippen molar-refractivity contribution in [2.24, 2.45) is 5.92 Å². The molecule has 28 heavy (non-hydrogen) atoms. The second-order valence-electron chi connectivity index (χ2n) is 7.49. The highest BCUT2D eigenvalue weighted by Crippen LogP contribution is 2.23. The first kappa shape index (κ1) is 18.2. The number of hydrogen-bond donors (Lipinski definition) is 0. The van der Waals surface area contributed by atoms with Crippen molar-refractivity contribution in [1.82, 2.24) is 19.4 Å². The quantitative estimate of drug-likeness (QED) is 0.636. The number of pyridine rings is 1. The number of carbonyl (C=O) groups excluding carboxylic acids is 1. The van der Waals surface area contributed by atoms with Crippen molar-refractivity contribution in [1.29, 1.82) is 0 Å². The number of nitrogens with zero attached hydrogens (tertiary/aromatic N) is 4. The van der Waals surface area contributed by atoms with Gasteiger partial charge in [0.15, 0.2) is 0 Å². The second kappa shape index (κ2) is 7.80. The van der Waals surface area contributed by atoms with E-state index in [0.29, 0.717) is 18.0 Å². The van der Waals surface area contributed by atoms with Crippen molar-refractivity contribution in [3.8, 4) is 11.3 Å². The first-order valence-electron chi connectivity index (χ1n) is 9.60. The number of imidazole rings is 1. The van der Waals surface area contributed by atoms with Gasteiger partial charge < -0.3 is 9.47 Å². The average Bonchev–Trinajstić information content (AvgIpc) is 3.40. The zero-order chi connectivity index (χ0) is 19.5. The van der Waals surface area contributed by atoms with Crippen molar-refractivity contribution in [3.05, 3.63) is 84.6 Å². The molecular formula is C23H24N4O. The molecule has 0 aliphatic carbocycles. The third-order valence-electron chi connectivity index (χ3n) is 5.09. The number of benzene rings is 1. The van der Waals surface area contributed by atoms with Crippen LogP contribution in [0, 0.1) is 5.92 Å². The first-order valence-corrected chi connectivity index (χ1v) is 9.60. The SMILES string of the molecule is CC(C)[C@@H]1C=CCN1C(=O)c1cccc(-c2ccc(Cn3ccnc3)cn2)c1.